The number of ether oxygens (including phenoxy) is 1. The van der Waals surface area contributed by atoms with Gasteiger partial charge in [0.15, 0.2) is 0 Å². The van der Waals surface area contributed by atoms with E-state index in [1.807, 2.05) is 11.8 Å². The fourth-order valence-electron chi connectivity index (χ4n) is 3.26. The number of tetrazole rings is 1. The molecule has 0 radical (unpaired) electrons. The Balaban J connectivity index is 1.43. The summed E-state index contributed by atoms with van der Waals surface area (Å²) < 4.78 is 44.8. The number of hydrogen-bond acceptors (Lipinski definition) is 7. The number of nitrogens with zero attached hydrogens (tertiary/aromatic N) is 6. The van der Waals surface area contributed by atoms with Crippen LogP contribution < -0.4 is 9.64 Å². The van der Waals surface area contributed by atoms with Crippen molar-refractivity contribution in [3.8, 4) is 17.3 Å². The molecule has 0 bridgehead atoms. The molecule has 3 aromatic rings. The Bertz CT molecular complexity index is 978. The summed E-state index contributed by atoms with van der Waals surface area (Å²) in [5.41, 5.74) is 0.551. The normalized spacial score (nSPS) is 17.0. The van der Waals surface area contributed by atoms with Gasteiger partial charge in [-0.2, -0.15) is 18.4 Å². The van der Waals surface area contributed by atoms with Gasteiger partial charge in [0.1, 0.15) is 11.4 Å². The average molecular weight is 405 g/mol. The summed E-state index contributed by atoms with van der Waals surface area (Å²) in [7, 11) is 0. The van der Waals surface area contributed by atoms with E-state index in [1.54, 1.807) is 6.07 Å². The van der Waals surface area contributed by atoms with Crippen LogP contribution in [0.1, 0.15) is 17.7 Å². The Hall–Kier alpha value is -3.24. The number of rotatable bonds is 5. The maximum Gasteiger partial charge on any atom is 0.419 e. The van der Waals surface area contributed by atoms with Crippen LogP contribution in [-0.4, -0.2) is 50.3 Å². The Morgan fingerprint density at radius 2 is 2.07 bits per heavy atom. The lowest BCUT2D eigenvalue weighted by Gasteiger charge is -2.18. The van der Waals surface area contributed by atoms with Gasteiger partial charge in [-0.3, -0.25) is 0 Å². The topological polar surface area (TPSA) is 92.7 Å². The van der Waals surface area contributed by atoms with Crippen molar-refractivity contribution in [2.75, 3.05) is 24.6 Å². The number of aromatic amines is 1. The number of alkyl halides is 3. The van der Waals surface area contributed by atoms with Crippen molar-refractivity contribution < 1.29 is 17.9 Å². The predicted octanol–water partition coefficient (Wildman–Crippen LogP) is 2.89. The number of aromatic nitrogens is 6. The van der Waals surface area contributed by atoms with Crippen LogP contribution in [0.5, 0.6) is 5.75 Å². The summed E-state index contributed by atoms with van der Waals surface area (Å²) in [6, 6.07) is 7.01. The van der Waals surface area contributed by atoms with Crippen molar-refractivity contribution in [2.24, 2.45) is 5.92 Å². The molecule has 1 N–H and O–H groups in total. The molecule has 1 aromatic carbocycles. The Labute approximate surface area is 164 Å². The van der Waals surface area contributed by atoms with Crippen LogP contribution in [0, 0.1) is 12.8 Å². The van der Waals surface area contributed by atoms with Crippen molar-refractivity contribution in [3.63, 3.8) is 0 Å². The molecule has 0 saturated carbocycles. The van der Waals surface area contributed by atoms with Crippen LogP contribution in [-0.2, 0) is 6.18 Å². The molecule has 2 aromatic heterocycles. The molecule has 1 aliphatic rings. The van der Waals surface area contributed by atoms with Crippen LogP contribution in [0.25, 0.3) is 11.5 Å². The Morgan fingerprint density at radius 1 is 1.24 bits per heavy atom. The van der Waals surface area contributed by atoms with Gasteiger partial charge in [0.05, 0.1) is 12.2 Å². The van der Waals surface area contributed by atoms with Crippen LogP contribution in [0.2, 0.25) is 0 Å². The third-order valence-corrected chi connectivity index (χ3v) is 4.65. The molecule has 1 saturated heterocycles. The molecule has 11 heteroatoms. The fourth-order valence-corrected chi connectivity index (χ4v) is 3.26. The summed E-state index contributed by atoms with van der Waals surface area (Å²) >= 11 is 0. The van der Waals surface area contributed by atoms with Crippen LogP contribution in [0.4, 0.5) is 19.1 Å². The molecule has 0 spiro atoms. The quantitative estimate of drug-likeness (QED) is 0.698. The summed E-state index contributed by atoms with van der Waals surface area (Å²) in [6.07, 6.45) is -3.68. The first-order valence-electron chi connectivity index (χ1n) is 9.03. The molecular formula is C18H18F3N7O. The van der Waals surface area contributed by atoms with Crippen molar-refractivity contribution in [2.45, 2.75) is 19.5 Å². The molecule has 8 nitrogen and oxygen atoms in total. The lowest BCUT2D eigenvalue weighted by molar-refractivity contribution is -0.139. The van der Waals surface area contributed by atoms with E-state index in [9.17, 15) is 13.2 Å². The van der Waals surface area contributed by atoms with E-state index in [4.69, 9.17) is 4.74 Å². The van der Waals surface area contributed by atoms with Gasteiger partial charge in [-0.1, -0.05) is 12.1 Å². The zero-order valence-electron chi connectivity index (χ0n) is 15.5. The number of H-pyrrole nitrogens is 1. The molecule has 1 atom stereocenters. The molecule has 3 heterocycles. The highest BCUT2D eigenvalue weighted by molar-refractivity contribution is 5.51. The highest BCUT2D eigenvalue weighted by Crippen LogP contribution is 2.36. The number of nitrogens with one attached hydrogen (secondary N) is 1. The molecule has 152 valence electrons. The SMILES string of the molecule is Cc1cc(-c2nn[nH]n2)nc(N2CC[C@H](COc3ccccc3C(F)(F)F)C2)n1. The predicted molar refractivity (Wildman–Crippen MR) is 97.2 cm³/mol. The average Bonchev–Trinajstić information content (AvgIpc) is 3.37. The van der Waals surface area contributed by atoms with Crippen LogP contribution in [0.3, 0.4) is 0 Å². The van der Waals surface area contributed by atoms with E-state index in [0.29, 0.717) is 30.6 Å². The number of halogens is 3. The smallest absolute Gasteiger partial charge is 0.419 e. The monoisotopic (exact) mass is 405 g/mol. The largest absolute Gasteiger partial charge is 0.493 e. The highest BCUT2D eigenvalue weighted by Gasteiger charge is 2.34. The number of aryl methyl sites for hydroxylation is 1. The molecule has 4 rings (SSSR count). The Kier molecular flexibility index (Phi) is 5.03. The van der Waals surface area contributed by atoms with Gasteiger partial charge in [0.2, 0.25) is 11.8 Å². The van der Waals surface area contributed by atoms with Crippen LogP contribution in [0.15, 0.2) is 30.3 Å². The number of anilines is 1. The van der Waals surface area contributed by atoms with Gasteiger partial charge in [0, 0.05) is 24.7 Å². The molecule has 29 heavy (non-hydrogen) atoms. The highest BCUT2D eigenvalue weighted by atomic mass is 19.4. The maximum absolute atomic E-state index is 13.1. The van der Waals surface area contributed by atoms with Crippen molar-refractivity contribution in [1.29, 1.82) is 0 Å². The van der Waals surface area contributed by atoms with Crippen LogP contribution >= 0.6 is 0 Å². The molecule has 0 amide bonds. The Morgan fingerprint density at radius 3 is 2.83 bits per heavy atom. The lowest BCUT2D eigenvalue weighted by Crippen LogP contribution is -2.24. The van der Waals surface area contributed by atoms with E-state index in [2.05, 4.69) is 30.6 Å². The second-order valence-corrected chi connectivity index (χ2v) is 6.84. The number of hydrogen-bond donors (Lipinski definition) is 1. The minimum absolute atomic E-state index is 0.0639. The zero-order chi connectivity index (χ0) is 20.4. The number of para-hydroxylation sites is 1. The van der Waals surface area contributed by atoms with Gasteiger partial charge < -0.3 is 9.64 Å². The second kappa shape index (κ2) is 7.64. The van der Waals surface area contributed by atoms with Crippen molar-refractivity contribution in [3.05, 3.63) is 41.6 Å². The molecule has 0 aliphatic carbocycles. The molecular weight excluding hydrogens is 387 g/mol. The van der Waals surface area contributed by atoms with Gasteiger partial charge in [-0.15, -0.1) is 10.2 Å². The second-order valence-electron chi connectivity index (χ2n) is 6.84. The van der Waals surface area contributed by atoms with Crippen molar-refractivity contribution >= 4 is 5.95 Å². The van der Waals surface area contributed by atoms with E-state index < -0.39 is 11.7 Å². The maximum atomic E-state index is 13.1. The first kappa shape index (κ1) is 19.1. The first-order chi connectivity index (χ1) is 13.9. The minimum Gasteiger partial charge on any atom is -0.493 e. The van der Waals surface area contributed by atoms with Gasteiger partial charge in [0.25, 0.3) is 0 Å². The minimum atomic E-state index is -4.45. The molecule has 1 aliphatic heterocycles. The van der Waals surface area contributed by atoms with Gasteiger partial charge in [-0.25, -0.2) is 9.97 Å². The number of benzene rings is 1. The molecule has 1 fully saturated rings. The summed E-state index contributed by atoms with van der Waals surface area (Å²) in [4.78, 5) is 10.9. The standard InChI is InChI=1S/C18H18F3N7O/c1-11-8-14(16-24-26-27-25-16)23-17(22-11)28-7-6-12(9-28)10-29-15-5-3-2-4-13(15)18(19,20)21/h2-5,8,12H,6-7,9-10H2,1H3,(H,24,25,26,27)/t12-/m0/s1. The fraction of sp³-hybridized carbons (Fsp3) is 0.389. The van der Waals surface area contributed by atoms with E-state index in [-0.39, 0.29) is 18.3 Å². The van der Waals surface area contributed by atoms with Gasteiger partial charge in [-0.05, 0) is 36.8 Å². The molecule has 0 unspecified atom stereocenters. The van der Waals surface area contributed by atoms with Crippen molar-refractivity contribution in [1.82, 2.24) is 30.6 Å². The first-order valence-corrected chi connectivity index (χ1v) is 9.03. The summed E-state index contributed by atoms with van der Waals surface area (Å²) in [5, 5.41) is 13.8. The van der Waals surface area contributed by atoms with E-state index in [1.165, 1.54) is 18.2 Å². The summed E-state index contributed by atoms with van der Waals surface area (Å²) in [5.74, 6) is 0.821. The van der Waals surface area contributed by atoms with E-state index >= 15 is 0 Å². The van der Waals surface area contributed by atoms with Gasteiger partial charge >= 0.3 is 6.18 Å². The zero-order valence-corrected chi connectivity index (χ0v) is 15.5. The third kappa shape index (κ3) is 4.28. The lowest BCUT2D eigenvalue weighted by atomic mass is 10.1. The summed E-state index contributed by atoms with van der Waals surface area (Å²) in [6.45, 7) is 3.31. The van der Waals surface area contributed by atoms with E-state index in [0.717, 1.165) is 18.2 Å². The third-order valence-electron chi connectivity index (χ3n) is 4.65.